The SMILES string of the molecule is CCCc1c(NN)ncnc1NCC1CCCN(C)C1. The van der Waals surface area contributed by atoms with Crippen LogP contribution in [0.4, 0.5) is 11.6 Å². The molecule has 1 unspecified atom stereocenters. The number of nitrogens with one attached hydrogen (secondary N) is 2. The van der Waals surface area contributed by atoms with E-state index >= 15 is 0 Å². The van der Waals surface area contributed by atoms with Crippen LogP contribution in [0.25, 0.3) is 0 Å². The number of nitrogens with zero attached hydrogens (tertiary/aromatic N) is 3. The van der Waals surface area contributed by atoms with E-state index < -0.39 is 0 Å². The van der Waals surface area contributed by atoms with Gasteiger partial charge in [0.2, 0.25) is 0 Å². The number of piperidine rings is 1. The molecule has 6 nitrogen and oxygen atoms in total. The molecule has 2 heterocycles. The van der Waals surface area contributed by atoms with Crippen molar-refractivity contribution in [3.05, 3.63) is 11.9 Å². The number of aromatic nitrogens is 2. The van der Waals surface area contributed by atoms with Crippen molar-refractivity contribution in [3.63, 3.8) is 0 Å². The third kappa shape index (κ3) is 3.80. The van der Waals surface area contributed by atoms with E-state index in [1.165, 1.54) is 19.4 Å². The molecule has 1 saturated heterocycles. The van der Waals surface area contributed by atoms with Gasteiger partial charge in [0, 0.05) is 18.7 Å². The predicted molar refractivity (Wildman–Crippen MR) is 82.5 cm³/mol. The maximum atomic E-state index is 5.53. The van der Waals surface area contributed by atoms with Crippen molar-refractivity contribution in [2.24, 2.45) is 11.8 Å². The summed E-state index contributed by atoms with van der Waals surface area (Å²) in [7, 11) is 2.19. The van der Waals surface area contributed by atoms with E-state index in [2.05, 4.69) is 39.6 Å². The Labute approximate surface area is 121 Å². The summed E-state index contributed by atoms with van der Waals surface area (Å²) in [6.45, 7) is 5.48. The largest absolute Gasteiger partial charge is 0.369 e. The second-order valence-electron chi connectivity index (χ2n) is 5.60. The Morgan fingerprint density at radius 1 is 1.40 bits per heavy atom. The summed E-state index contributed by atoms with van der Waals surface area (Å²) < 4.78 is 0. The average Bonchev–Trinajstić information content (AvgIpc) is 2.46. The molecule has 4 N–H and O–H groups in total. The molecular weight excluding hydrogens is 252 g/mol. The van der Waals surface area contributed by atoms with Crippen LogP contribution in [0.3, 0.4) is 0 Å². The quantitative estimate of drug-likeness (QED) is 0.540. The molecule has 0 spiro atoms. The van der Waals surface area contributed by atoms with Crippen LogP contribution in [0.1, 0.15) is 31.7 Å². The minimum absolute atomic E-state index is 0.687. The third-order valence-corrected chi connectivity index (χ3v) is 3.86. The van der Waals surface area contributed by atoms with Crippen LogP contribution in [0, 0.1) is 5.92 Å². The number of hydrogen-bond donors (Lipinski definition) is 3. The number of likely N-dealkylation sites (tertiary alicyclic amines) is 1. The van der Waals surface area contributed by atoms with Crippen molar-refractivity contribution in [3.8, 4) is 0 Å². The number of anilines is 2. The van der Waals surface area contributed by atoms with Gasteiger partial charge in [-0.3, -0.25) is 0 Å². The molecule has 0 bridgehead atoms. The Morgan fingerprint density at radius 2 is 2.20 bits per heavy atom. The maximum Gasteiger partial charge on any atom is 0.148 e. The molecule has 1 aliphatic heterocycles. The van der Waals surface area contributed by atoms with Crippen LogP contribution in [0.2, 0.25) is 0 Å². The standard InChI is InChI=1S/C14H26N6/c1-3-5-12-13(17-10-18-14(12)19-15)16-8-11-6-4-7-20(2)9-11/h10-11H,3-9,15H2,1-2H3,(H2,16,17,18,19). The summed E-state index contributed by atoms with van der Waals surface area (Å²) in [5.74, 6) is 7.87. The molecule has 112 valence electrons. The molecule has 1 aromatic rings. The zero-order valence-electron chi connectivity index (χ0n) is 12.5. The van der Waals surface area contributed by atoms with Crippen molar-refractivity contribution in [2.45, 2.75) is 32.6 Å². The van der Waals surface area contributed by atoms with Gasteiger partial charge in [-0.05, 0) is 38.8 Å². The van der Waals surface area contributed by atoms with Gasteiger partial charge in [0.1, 0.15) is 18.0 Å². The van der Waals surface area contributed by atoms with Gasteiger partial charge in [-0.1, -0.05) is 13.3 Å². The Bertz CT molecular complexity index is 422. The number of rotatable bonds is 6. The highest BCUT2D eigenvalue weighted by molar-refractivity contribution is 5.56. The summed E-state index contributed by atoms with van der Waals surface area (Å²) in [5.41, 5.74) is 3.75. The maximum absolute atomic E-state index is 5.53. The molecule has 20 heavy (non-hydrogen) atoms. The molecule has 1 atom stereocenters. The van der Waals surface area contributed by atoms with Crippen LogP contribution in [-0.2, 0) is 6.42 Å². The van der Waals surface area contributed by atoms with E-state index in [9.17, 15) is 0 Å². The highest BCUT2D eigenvalue weighted by Gasteiger charge is 2.18. The Hall–Kier alpha value is -1.40. The van der Waals surface area contributed by atoms with E-state index in [1.54, 1.807) is 6.33 Å². The predicted octanol–water partition coefficient (Wildman–Crippen LogP) is 1.47. The minimum atomic E-state index is 0.687. The normalized spacial score (nSPS) is 19.9. The summed E-state index contributed by atoms with van der Waals surface area (Å²) in [5, 5.41) is 3.49. The Kier molecular flexibility index (Phi) is 5.55. The lowest BCUT2D eigenvalue weighted by atomic mass is 9.98. The van der Waals surface area contributed by atoms with E-state index in [1.807, 2.05) is 0 Å². The first-order chi connectivity index (χ1) is 9.74. The number of nitrogens with two attached hydrogens (primary N) is 1. The highest BCUT2D eigenvalue weighted by atomic mass is 15.3. The first-order valence-corrected chi connectivity index (χ1v) is 7.47. The first kappa shape index (κ1) is 15.0. The van der Waals surface area contributed by atoms with Gasteiger partial charge in [-0.2, -0.15) is 0 Å². The lowest BCUT2D eigenvalue weighted by Crippen LogP contribution is -2.35. The van der Waals surface area contributed by atoms with Crippen LogP contribution < -0.4 is 16.6 Å². The number of nitrogen functional groups attached to an aromatic ring is 1. The molecule has 0 aliphatic carbocycles. The third-order valence-electron chi connectivity index (χ3n) is 3.86. The average molecular weight is 278 g/mol. The lowest BCUT2D eigenvalue weighted by molar-refractivity contribution is 0.217. The van der Waals surface area contributed by atoms with Crippen LogP contribution in [-0.4, -0.2) is 41.5 Å². The zero-order valence-corrected chi connectivity index (χ0v) is 12.5. The minimum Gasteiger partial charge on any atom is -0.369 e. The topological polar surface area (TPSA) is 79.1 Å². The second-order valence-corrected chi connectivity index (χ2v) is 5.60. The molecule has 0 radical (unpaired) electrons. The van der Waals surface area contributed by atoms with Crippen LogP contribution in [0.15, 0.2) is 6.33 Å². The van der Waals surface area contributed by atoms with Crippen molar-refractivity contribution in [1.29, 1.82) is 0 Å². The van der Waals surface area contributed by atoms with E-state index in [-0.39, 0.29) is 0 Å². The van der Waals surface area contributed by atoms with Gasteiger partial charge in [-0.25, -0.2) is 15.8 Å². The molecular formula is C14H26N6. The van der Waals surface area contributed by atoms with Crippen molar-refractivity contribution in [2.75, 3.05) is 37.4 Å². The lowest BCUT2D eigenvalue weighted by Gasteiger charge is -2.30. The summed E-state index contributed by atoms with van der Waals surface area (Å²) >= 11 is 0. The fourth-order valence-corrected chi connectivity index (χ4v) is 2.86. The van der Waals surface area contributed by atoms with Crippen molar-refractivity contribution >= 4 is 11.6 Å². The zero-order chi connectivity index (χ0) is 14.4. The first-order valence-electron chi connectivity index (χ1n) is 7.47. The second kappa shape index (κ2) is 7.40. The van der Waals surface area contributed by atoms with Gasteiger partial charge in [-0.15, -0.1) is 0 Å². The molecule has 1 fully saturated rings. The number of hydrogen-bond acceptors (Lipinski definition) is 6. The molecule has 0 saturated carbocycles. The van der Waals surface area contributed by atoms with Crippen LogP contribution >= 0.6 is 0 Å². The summed E-state index contributed by atoms with van der Waals surface area (Å²) in [6.07, 6.45) is 6.09. The van der Waals surface area contributed by atoms with Gasteiger partial charge in [0.05, 0.1) is 0 Å². The molecule has 1 aromatic heterocycles. The van der Waals surface area contributed by atoms with E-state index in [0.29, 0.717) is 5.92 Å². The van der Waals surface area contributed by atoms with E-state index in [0.717, 1.165) is 43.1 Å². The van der Waals surface area contributed by atoms with Gasteiger partial charge in [0.25, 0.3) is 0 Å². The molecule has 6 heteroatoms. The van der Waals surface area contributed by atoms with Gasteiger partial charge in [0.15, 0.2) is 0 Å². The van der Waals surface area contributed by atoms with Crippen molar-refractivity contribution in [1.82, 2.24) is 14.9 Å². The van der Waals surface area contributed by atoms with Crippen LogP contribution in [0.5, 0.6) is 0 Å². The monoisotopic (exact) mass is 278 g/mol. The fraction of sp³-hybridized carbons (Fsp3) is 0.714. The Balaban J connectivity index is 2.01. The highest BCUT2D eigenvalue weighted by Crippen LogP contribution is 2.22. The summed E-state index contributed by atoms with van der Waals surface area (Å²) in [4.78, 5) is 11.0. The molecule has 0 aromatic carbocycles. The van der Waals surface area contributed by atoms with Gasteiger partial charge < -0.3 is 15.6 Å². The summed E-state index contributed by atoms with van der Waals surface area (Å²) in [6, 6.07) is 0. The smallest absolute Gasteiger partial charge is 0.148 e. The Morgan fingerprint density at radius 3 is 2.90 bits per heavy atom. The molecule has 2 rings (SSSR count). The molecule has 1 aliphatic rings. The van der Waals surface area contributed by atoms with E-state index in [4.69, 9.17) is 5.84 Å². The fourth-order valence-electron chi connectivity index (χ4n) is 2.86. The molecule has 0 amide bonds. The number of hydrazine groups is 1. The van der Waals surface area contributed by atoms with Gasteiger partial charge >= 0.3 is 0 Å². The van der Waals surface area contributed by atoms with Crippen molar-refractivity contribution < 1.29 is 0 Å².